The van der Waals surface area contributed by atoms with E-state index in [-0.39, 0.29) is 0 Å². The number of fused-ring (bicyclic) bond motifs is 1. The van der Waals surface area contributed by atoms with E-state index in [9.17, 15) is 9.59 Å². The molecule has 1 heterocycles. The molecule has 0 saturated carbocycles. The average Bonchev–Trinajstić information content (AvgIpc) is 2.63. The molecule has 0 spiro atoms. The van der Waals surface area contributed by atoms with Gasteiger partial charge in [0.15, 0.2) is 0 Å². The van der Waals surface area contributed by atoms with Gasteiger partial charge in [0, 0.05) is 36.3 Å². The fourth-order valence-electron chi connectivity index (χ4n) is 2.67. The van der Waals surface area contributed by atoms with E-state index in [4.69, 9.17) is 9.15 Å². The third-order valence-corrected chi connectivity index (χ3v) is 4.04. The Labute approximate surface area is 145 Å². The molecular weight excluding hydrogens is 318 g/mol. The number of hydrogen-bond donors (Lipinski definition) is 0. The minimum Gasteiger partial charge on any atom is -0.423 e. The highest BCUT2D eigenvalue weighted by atomic mass is 16.5. The molecule has 5 nitrogen and oxygen atoms in total. The largest absolute Gasteiger partial charge is 0.423 e. The number of ether oxygens (including phenoxy) is 1. The van der Waals surface area contributed by atoms with Gasteiger partial charge in [-0.2, -0.15) is 0 Å². The number of esters is 1. The summed E-state index contributed by atoms with van der Waals surface area (Å²) in [4.78, 5) is 25.8. The van der Waals surface area contributed by atoms with Crippen LogP contribution in [0.25, 0.3) is 11.0 Å². The maximum Gasteiger partial charge on any atom is 0.343 e. The van der Waals surface area contributed by atoms with Crippen LogP contribution in [0.2, 0.25) is 0 Å². The van der Waals surface area contributed by atoms with Gasteiger partial charge in [0.1, 0.15) is 11.3 Å². The smallest absolute Gasteiger partial charge is 0.343 e. The van der Waals surface area contributed by atoms with Crippen LogP contribution in [0.4, 0.5) is 5.69 Å². The summed E-state index contributed by atoms with van der Waals surface area (Å²) in [5, 5.41) is 0.767. The van der Waals surface area contributed by atoms with Crippen LogP contribution in [-0.4, -0.2) is 19.1 Å². The predicted molar refractivity (Wildman–Crippen MR) is 97.4 cm³/mol. The van der Waals surface area contributed by atoms with E-state index >= 15 is 0 Å². The third-order valence-electron chi connectivity index (χ3n) is 4.04. The van der Waals surface area contributed by atoms with Crippen molar-refractivity contribution in [3.63, 3.8) is 0 Å². The first-order valence-electron chi connectivity index (χ1n) is 8.22. The second kappa shape index (κ2) is 7.21. The van der Waals surface area contributed by atoms with Crippen molar-refractivity contribution in [1.82, 2.24) is 0 Å². The first-order valence-corrected chi connectivity index (χ1v) is 8.22. The summed E-state index contributed by atoms with van der Waals surface area (Å²) in [5.74, 6) is -0.122. The molecule has 0 fully saturated rings. The highest BCUT2D eigenvalue weighted by molar-refractivity contribution is 5.92. The van der Waals surface area contributed by atoms with Crippen molar-refractivity contribution in [2.24, 2.45) is 0 Å². The summed E-state index contributed by atoms with van der Waals surface area (Å²) in [7, 11) is 0. The van der Waals surface area contributed by atoms with Gasteiger partial charge >= 0.3 is 11.6 Å². The lowest BCUT2D eigenvalue weighted by Gasteiger charge is -2.20. The van der Waals surface area contributed by atoms with E-state index in [1.54, 1.807) is 36.4 Å². The molecule has 0 N–H and O–H groups in total. The lowest BCUT2D eigenvalue weighted by atomic mass is 10.2. The van der Waals surface area contributed by atoms with Gasteiger partial charge < -0.3 is 14.1 Å². The number of benzene rings is 2. The lowest BCUT2D eigenvalue weighted by Crippen LogP contribution is -2.21. The molecule has 128 valence electrons. The maximum absolute atomic E-state index is 12.3. The molecule has 5 heteroatoms. The second-order valence-corrected chi connectivity index (χ2v) is 5.56. The first kappa shape index (κ1) is 16.8. The van der Waals surface area contributed by atoms with Gasteiger partial charge in [-0.3, -0.25) is 0 Å². The Hall–Kier alpha value is -3.08. The van der Waals surface area contributed by atoms with Gasteiger partial charge in [0.05, 0.1) is 5.56 Å². The van der Waals surface area contributed by atoms with Crippen molar-refractivity contribution >= 4 is 22.6 Å². The van der Waals surface area contributed by atoms with Gasteiger partial charge in [-0.1, -0.05) is 0 Å². The van der Waals surface area contributed by atoms with Crippen LogP contribution in [0, 0.1) is 0 Å². The van der Waals surface area contributed by atoms with Gasteiger partial charge in [0.2, 0.25) is 0 Å². The molecule has 3 aromatic rings. The molecule has 0 aliphatic carbocycles. The van der Waals surface area contributed by atoms with Gasteiger partial charge in [0.25, 0.3) is 0 Å². The fraction of sp³-hybridized carbons (Fsp3) is 0.200. The van der Waals surface area contributed by atoms with Crippen molar-refractivity contribution in [1.29, 1.82) is 0 Å². The number of rotatable bonds is 5. The first-order chi connectivity index (χ1) is 12.1. The Balaban J connectivity index is 1.78. The van der Waals surface area contributed by atoms with Crippen molar-refractivity contribution < 1.29 is 13.9 Å². The highest BCUT2D eigenvalue weighted by Gasteiger charge is 2.11. The summed E-state index contributed by atoms with van der Waals surface area (Å²) in [6.07, 6.45) is 0. The standard InChI is InChI=1S/C20H19NO4/c1-3-21(4-2)16-9-5-15(6-10-16)20(23)24-17-11-7-14-8-12-19(22)25-18(14)13-17/h5-13H,3-4H2,1-2H3. The van der Waals surface area contributed by atoms with Crippen LogP contribution in [0.3, 0.4) is 0 Å². The Morgan fingerprint density at radius 3 is 2.36 bits per heavy atom. The Bertz CT molecular complexity index is 940. The molecule has 0 unspecified atom stereocenters. The third kappa shape index (κ3) is 3.71. The summed E-state index contributed by atoms with van der Waals surface area (Å²) >= 11 is 0. The van der Waals surface area contributed by atoms with E-state index in [0.29, 0.717) is 16.9 Å². The summed E-state index contributed by atoms with van der Waals surface area (Å²) in [6, 6.07) is 15.3. The number of hydrogen-bond acceptors (Lipinski definition) is 5. The number of anilines is 1. The SMILES string of the molecule is CCN(CC)c1ccc(C(=O)Oc2ccc3ccc(=O)oc3c2)cc1. The lowest BCUT2D eigenvalue weighted by molar-refractivity contribution is 0.0735. The Morgan fingerprint density at radius 2 is 1.68 bits per heavy atom. The molecule has 0 radical (unpaired) electrons. The second-order valence-electron chi connectivity index (χ2n) is 5.56. The van der Waals surface area contributed by atoms with E-state index in [0.717, 1.165) is 24.2 Å². The van der Waals surface area contributed by atoms with Crippen molar-refractivity contribution in [3.8, 4) is 5.75 Å². The molecule has 0 aliphatic rings. The van der Waals surface area contributed by atoms with Crippen LogP contribution >= 0.6 is 0 Å². The molecule has 0 saturated heterocycles. The van der Waals surface area contributed by atoms with Gasteiger partial charge in [-0.15, -0.1) is 0 Å². The Kier molecular flexibility index (Phi) is 4.84. The average molecular weight is 337 g/mol. The Morgan fingerprint density at radius 1 is 1.00 bits per heavy atom. The molecule has 0 amide bonds. The van der Waals surface area contributed by atoms with E-state index < -0.39 is 11.6 Å². The van der Waals surface area contributed by atoms with Crippen molar-refractivity contribution in [2.45, 2.75) is 13.8 Å². The van der Waals surface area contributed by atoms with Gasteiger partial charge in [-0.05, 0) is 56.3 Å². The molecule has 0 atom stereocenters. The monoisotopic (exact) mass is 337 g/mol. The van der Waals surface area contributed by atoms with E-state index in [2.05, 4.69) is 18.7 Å². The molecule has 3 rings (SSSR count). The van der Waals surface area contributed by atoms with Crippen LogP contribution in [0.5, 0.6) is 5.75 Å². The zero-order chi connectivity index (χ0) is 17.8. The van der Waals surface area contributed by atoms with Crippen LogP contribution < -0.4 is 15.3 Å². The van der Waals surface area contributed by atoms with Crippen LogP contribution in [0.1, 0.15) is 24.2 Å². The highest BCUT2D eigenvalue weighted by Crippen LogP contribution is 2.21. The summed E-state index contributed by atoms with van der Waals surface area (Å²) in [5.41, 5.74) is 1.47. The zero-order valence-corrected chi connectivity index (χ0v) is 14.2. The number of carbonyl (C=O) groups is 1. The number of carbonyl (C=O) groups excluding carboxylic acids is 1. The molecule has 2 aromatic carbocycles. The van der Waals surface area contributed by atoms with Crippen molar-refractivity contribution in [2.75, 3.05) is 18.0 Å². The molecule has 0 bridgehead atoms. The van der Waals surface area contributed by atoms with E-state index in [1.807, 2.05) is 12.1 Å². The van der Waals surface area contributed by atoms with Gasteiger partial charge in [-0.25, -0.2) is 9.59 Å². The summed E-state index contributed by atoms with van der Waals surface area (Å²) < 4.78 is 10.5. The predicted octanol–water partition coefficient (Wildman–Crippen LogP) is 3.86. The quantitative estimate of drug-likeness (QED) is 0.402. The topological polar surface area (TPSA) is 59.8 Å². The number of nitrogens with zero attached hydrogens (tertiary/aromatic N) is 1. The minimum absolute atomic E-state index is 0.333. The van der Waals surface area contributed by atoms with Crippen LogP contribution in [0.15, 0.2) is 63.8 Å². The zero-order valence-electron chi connectivity index (χ0n) is 14.2. The maximum atomic E-state index is 12.3. The fourth-order valence-corrected chi connectivity index (χ4v) is 2.67. The normalized spacial score (nSPS) is 10.6. The molecular formula is C20H19NO4. The van der Waals surface area contributed by atoms with Crippen LogP contribution in [-0.2, 0) is 0 Å². The van der Waals surface area contributed by atoms with Crippen molar-refractivity contribution in [3.05, 3.63) is 70.6 Å². The minimum atomic E-state index is -0.455. The molecule has 25 heavy (non-hydrogen) atoms. The summed E-state index contributed by atoms with van der Waals surface area (Å²) in [6.45, 7) is 5.98. The molecule has 0 aliphatic heterocycles. The van der Waals surface area contributed by atoms with E-state index in [1.165, 1.54) is 6.07 Å². The molecule has 1 aromatic heterocycles.